The summed E-state index contributed by atoms with van der Waals surface area (Å²) in [5.74, 6) is -0.228. The van der Waals surface area contributed by atoms with E-state index in [-0.39, 0.29) is 11.8 Å². The zero-order chi connectivity index (χ0) is 11.7. The molecular weight excluding hydrogens is 210 g/mol. The first-order chi connectivity index (χ1) is 7.58. The van der Waals surface area contributed by atoms with Gasteiger partial charge in [-0.2, -0.15) is 5.10 Å². The summed E-state index contributed by atoms with van der Waals surface area (Å²) in [6.45, 7) is 0.937. The van der Waals surface area contributed by atoms with Gasteiger partial charge in [0, 0.05) is 33.0 Å². The number of aliphatic hydroxyl groups excluding tert-OH is 1. The maximum atomic E-state index is 11.9. The van der Waals surface area contributed by atoms with Gasteiger partial charge >= 0.3 is 0 Å². The Kier molecular flexibility index (Phi) is 2.91. The fraction of sp³-hybridized carbons (Fsp3) is 0.700. The summed E-state index contributed by atoms with van der Waals surface area (Å²) in [6.07, 6.45) is 0.923. The molecule has 2 rings (SSSR count). The maximum absolute atomic E-state index is 11.9. The molecule has 0 spiro atoms. The summed E-state index contributed by atoms with van der Waals surface area (Å²) >= 11 is 0. The van der Waals surface area contributed by atoms with E-state index in [1.807, 2.05) is 0 Å². The van der Waals surface area contributed by atoms with Gasteiger partial charge in [0.25, 0.3) is 5.91 Å². The predicted molar refractivity (Wildman–Crippen MR) is 56.6 cm³/mol. The van der Waals surface area contributed by atoms with E-state index in [4.69, 9.17) is 0 Å². The van der Waals surface area contributed by atoms with E-state index in [0.717, 1.165) is 0 Å². The number of likely N-dealkylation sites (tertiary alicyclic amines) is 1. The minimum absolute atomic E-state index is 0.0713. The van der Waals surface area contributed by atoms with Crippen molar-refractivity contribution in [2.75, 3.05) is 20.1 Å². The molecule has 0 aromatic carbocycles. The average molecular weight is 225 g/mol. The lowest BCUT2D eigenvalue weighted by Gasteiger charge is -2.22. The summed E-state index contributed by atoms with van der Waals surface area (Å²) in [7, 11) is 1.55. The Morgan fingerprint density at radius 2 is 2.25 bits per heavy atom. The van der Waals surface area contributed by atoms with Crippen molar-refractivity contribution >= 4 is 17.5 Å². The number of rotatable bonds is 1. The third kappa shape index (κ3) is 2.06. The lowest BCUT2D eigenvalue weighted by molar-refractivity contribution is -0.130. The van der Waals surface area contributed by atoms with Gasteiger partial charge in [-0.25, -0.2) is 5.01 Å². The van der Waals surface area contributed by atoms with Gasteiger partial charge in [0.1, 0.15) is 5.71 Å². The van der Waals surface area contributed by atoms with E-state index in [0.29, 0.717) is 38.1 Å². The van der Waals surface area contributed by atoms with Crippen LogP contribution in [-0.4, -0.2) is 58.8 Å². The summed E-state index contributed by atoms with van der Waals surface area (Å²) in [4.78, 5) is 24.7. The largest absolute Gasteiger partial charge is 0.391 e. The smallest absolute Gasteiger partial charge is 0.270 e. The second-order valence-electron chi connectivity index (χ2n) is 4.16. The van der Waals surface area contributed by atoms with E-state index in [1.165, 1.54) is 5.01 Å². The number of carbonyl (C=O) groups is 2. The van der Waals surface area contributed by atoms with Crippen LogP contribution >= 0.6 is 0 Å². The Bertz CT molecular complexity index is 353. The van der Waals surface area contributed by atoms with Crippen LogP contribution in [0.3, 0.4) is 0 Å². The molecule has 1 atom stereocenters. The predicted octanol–water partition coefficient (Wildman–Crippen LogP) is -0.812. The van der Waals surface area contributed by atoms with Crippen LogP contribution in [0.2, 0.25) is 0 Å². The van der Waals surface area contributed by atoms with Crippen molar-refractivity contribution < 1.29 is 14.7 Å². The second kappa shape index (κ2) is 4.21. The first-order valence-corrected chi connectivity index (χ1v) is 5.39. The molecule has 16 heavy (non-hydrogen) atoms. The Balaban J connectivity index is 2.05. The molecule has 6 heteroatoms. The van der Waals surface area contributed by atoms with Gasteiger partial charge in [-0.3, -0.25) is 9.59 Å². The molecule has 1 N–H and O–H groups in total. The summed E-state index contributed by atoms with van der Waals surface area (Å²) in [5, 5.41) is 14.5. The number of amides is 2. The highest BCUT2D eigenvalue weighted by Crippen LogP contribution is 2.13. The molecule has 2 heterocycles. The maximum Gasteiger partial charge on any atom is 0.270 e. The molecule has 0 radical (unpaired) electrons. The van der Waals surface area contributed by atoms with E-state index >= 15 is 0 Å². The summed E-state index contributed by atoms with van der Waals surface area (Å²) in [6, 6.07) is 0. The van der Waals surface area contributed by atoms with Gasteiger partial charge in [-0.05, 0) is 6.42 Å². The molecule has 88 valence electrons. The highest BCUT2D eigenvalue weighted by atomic mass is 16.3. The monoisotopic (exact) mass is 225 g/mol. The molecule has 2 aliphatic heterocycles. The third-order valence-electron chi connectivity index (χ3n) is 2.90. The molecule has 1 saturated heterocycles. The minimum Gasteiger partial charge on any atom is -0.391 e. The fourth-order valence-corrected chi connectivity index (χ4v) is 1.93. The molecule has 0 bridgehead atoms. The van der Waals surface area contributed by atoms with Crippen LogP contribution < -0.4 is 0 Å². The third-order valence-corrected chi connectivity index (χ3v) is 2.90. The normalized spacial score (nSPS) is 26.0. The number of carbonyl (C=O) groups excluding carboxylic acids is 2. The highest BCUT2D eigenvalue weighted by molar-refractivity contribution is 6.39. The Hall–Kier alpha value is -1.43. The van der Waals surface area contributed by atoms with Crippen molar-refractivity contribution in [2.24, 2.45) is 5.10 Å². The van der Waals surface area contributed by atoms with Crippen molar-refractivity contribution in [2.45, 2.75) is 25.4 Å². The molecule has 2 aliphatic rings. The lowest BCUT2D eigenvalue weighted by Crippen LogP contribution is -2.39. The van der Waals surface area contributed by atoms with Crippen molar-refractivity contribution in [1.82, 2.24) is 9.91 Å². The number of nitrogens with zero attached hydrogens (tertiary/aromatic N) is 3. The molecule has 1 fully saturated rings. The zero-order valence-electron chi connectivity index (χ0n) is 9.22. The summed E-state index contributed by atoms with van der Waals surface area (Å²) in [5.41, 5.74) is 0.413. The number of hydrogen-bond donors (Lipinski definition) is 1. The summed E-state index contributed by atoms with van der Waals surface area (Å²) < 4.78 is 0. The van der Waals surface area contributed by atoms with Crippen molar-refractivity contribution in [3.8, 4) is 0 Å². The number of aliphatic hydroxyl groups is 1. The molecule has 2 amide bonds. The fourth-order valence-electron chi connectivity index (χ4n) is 1.93. The standard InChI is InChI=1S/C10H15N3O3/c1-12-9(15)3-2-8(11-12)10(16)13-5-4-7(14)6-13/h7,14H,2-6H2,1H3. The Morgan fingerprint density at radius 1 is 1.50 bits per heavy atom. The average Bonchev–Trinajstić information content (AvgIpc) is 2.68. The Labute approximate surface area is 93.5 Å². The lowest BCUT2D eigenvalue weighted by atomic mass is 10.1. The molecular formula is C10H15N3O3. The molecule has 1 unspecified atom stereocenters. The van der Waals surface area contributed by atoms with Crippen LogP contribution in [0.5, 0.6) is 0 Å². The first kappa shape index (κ1) is 11.1. The van der Waals surface area contributed by atoms with Gasteiger partial charge in [0.2, 0.25) is 5.91 Å². The molecule has 0 aromatic rings. The quantitative estimate of drug-likeness (QED) is 0.634. The van der Waals surface area contributed by atoms with E-state index in [1.54, 1.807) is 11.9 Å². The molecule has 0 saturated carbocycles. The van der Waals surface area contributed by atoms with Crippen LogP contribution in [0.25, 0.3) is 0 Å². The topological polar surface area (TPSA) is 73.2 Å². The molecule has 0 aliphatic carbocycles. The molecule has 6 nitrogen and oxygen atoms in total. The first-order valence-electron chi connectivity index (χ1n) is 5.39. The van der Waals surface area contributed by atoms with Crippen LogP contribution in [-0.2, 0) is 9.59 Å². The SMILES string of the molecule is CN1N=C(C(=O)N2CCC(O)C2)CCC1=O. The zero-order valence-corrected chi connectivity index (χ0v) is 9.22. The van der Waals surface area contributed by atoms with E-state index in [9.17, 15) is 14.7 Å². The van der Waals surface area contributed by atoms with Gasteiger partial charge < -0.3 is 10.0 Å². The van der Waals surface area contributed by atoms with Gasteiger partial charge in [-0.1, -0.05) is 0 Å². The van der Waals surface area contributed by atoms with Gasteiger partial charge in [0.05, 0.1) is 6.10 Å². The highest BCUT2D eigenvalue weighted by Gasteiger charge is 2.30. The van der Waals surface area contributed by atoms with Crippen LogP contribution in [0, 0.1) is 0 Å². The van der Waals surface area contributed by atoms with Gasteiger partial charge in [-0.15, -0.1) is 0 Å². The minimum atomic E-state index is -0.424. The Morgan fingerprint density at radius 3 is 2.81 bits per heavy atom. The second-order valence-corrected chi connectivity index (χ2v) is 4.16. The van der Waals surface area contributed by atoms with Crippen molar-refractivity contribution in [1.29, 1.82) is 0 Å². The number of β-amino-alcohol motifs (C(OH)–C–C–N with tert-alkyl or cyclic N) is 1. The number of hydrazone groups is 1. The molecule has 0 aromatic heterocycles. The van der Waals surface area contributed by atoms with Crippen molar-refractivity contribution in [3.63, 3.8) is 0 Å². The van der Waals surface area contributed by atoms with Crippen molar-refractivity contribution in [3.05, 3.63) is 0 Å². The van der Waals surface area contributed by atoms with Gasteiger partial charge in [0.15, 0.2) is 0 Å². The van der Waals surface area contributed by atoms with Crippen LogP contribution in [0.1, 0.15) is 19.3 Å². The van der Waals surface area contributed by atoms with Crippen LogP contribution in [0.15, 0.2) is 5.10 Å². The van der Waals surface area contributed by atoms with E-state index < -0.39 is 6.10 Å². The number of hydrogen-bond acceptors (Lipinski definition) is 4. The van der Waals surface area contributed by atoms with E-state index in [2.05, 4.69) is 5.10 Å². The van der Waals surface area contributed by atoms with Crippen LogP contribution in [0.4, 0.5) is 0 Å².